The Morgan fingerprint density at radius 2 is 1.73 bits per heavy atom. The second-order valence-corrected chi connectivity index (χ2v) is 8.57. The molecule has 3 aromatic rings. The van der Waals surface area contributed by atoms with Crippen molar-refractivity contribution >= 4 is 23.7 Å². The SMILES string of the molecule is CC(=O)c1ccc(N2CC[NH+](Cn3ccn(-c4cc(C)ccc4C)c3=S)CC2)cc1. The molecule has 2 aromatic carbocycles. The zero-order valence-corrected chi connectivity index (χ0v) is 18.7. The van der Waals surface area contributed by atoms with Gasteiger partial charge in [-0.05, 0) is 74.4 Å². The number of rotatable bonds is 5. The molecule has 6 heteroatoms. The van der Waals surface area contributed by atoms with Gasteiger partial charge in [-0.1, -0.05) is 12.1 Å². The molecule has 1 N–H and O–H groups in total. The second kappa shape index (κ2) is 8.58. The average Bonchev–Trinajstić information content (AvgIpc) is 3.10. The first-order chi connectivity index (χ1) is 14.4. The van der Waals surface area contributed by atoms with E-state index >= 15 is 0 Å². The monoisotopic (exact) mass is 421 g/mol. The van der Waals surface area contributed by atoms with E-state index in [1.165, 1.54) is 21.7 Å². The molecule has 1 fully saturated rings. The third kappa shape index (κ3) is 4.25. The Morgan fingerprint density at radius 1 is 1.03 bits per heavy atom. The standard InChI is InChI=1S/C24H28N4OS/c1-18-4-5-19(2)23(16-18)28-15-14-27(24(28)30)17-25-10-12-26(13-11-25)22-8-6-21(7-9-22)20(3)29/h4-9,14-16H,10-13,17H2,1-3H3/p+1. The Labute approximate surface area is 183 Å². The summed E-state index contributed by atoms with van der Waals surface area (Å²) in [5.41, 5.74) is 5.59. The van der Waals surface area contributed by atoms with Crippen LogP contribution in [0.4, 0.5) is 5.69 Å². The summed E-state index contributed by atoms with van der Waals surface area (Å²) < 4.78 is 5.15. The van der Waals surface area contributed by atoms with Crippen LogP contribution in [0.2, 0.25) is 0 Å². The Kier molecular flexibility index (Phi) is 5.88. The van der Waals surface area contributed by atoms with Crippen molar-refractivity contribution in [1.29, 1.82) is 0 Å². The van der Waals surface area contributed by atoms with Crippen molar-refractivity contribution < 1.29 is 9.69 Å². The number of hydrogen-bond acceptors (Lipinski definition) is 3. The number of ketones is 1. The van der Waals surface area contributed by atoms with E-state index in [1.54, 1.807) is 6.92 Å². The van der Waals surface area contributed by atoms with Gasteiger partial charge < -0.3 is 9.80 Å². The highest BCUT2D eigenvalue weighted by Gasteiger charge is 2.21. The van der Waals surface area contributed by atoms with Crippen LogP contribution >= 0.6 is 12.2 Å². The minimum Gasteiger partial charge on any atom is -0.360 e. The van der Waals surface area contributed by atoms with E-state index in [2.05, 4.69) is 70.6 Å². The summed E-state index contributed by atoms with van der Waals surface area (Å²) in [5, 5.41) is 0. The van der Waals surface area contributed by atoms with Gasteiger partial charge in [0.1, 0.15) is 0 Å². The molecule has 0 radical (unpaired) electrons. The molecule has 1 aliphatic heterocycles. The highest BCUT2D eigenvalue weighted by atomic mass is 32.1. The predicted molar refractivity (Wildman–Crippen MR) is 123 cm³/mol. The van der Waals surface area contributed by atoms with Crippen LogP contribution in [-0.4, -0.2) is 41.1 Å². The molecular formula is C24H29N4OS+. The van der Waals surface area contributed by atoms with Crippen LogP contribution in [0.3, 0.4) is 0 Å². The maximum atomic E-state index is 11.5. The van der Waals surface area contributed by atoms with Crippen LogP contribution in [0.25, 0.3) is 5.69 Å². The summed E-state index contributed by atoms with van der Waals surface area (Å²) in [6.07, 6.45) is 4.18. The average molecular weight is 422 g/mol. The lowest BCUT2D eigenvalue weighted by Gasteiger charge is -2.33. The molecule has 0 amide bonds. The number of imidazole rings is 1. The first-order valence-corrected chi connectivity index (χ1v) is 10.9. The fourth-order valence-electron chi connectivity index (χ4n) is 4.08. The highest BCUT2D eigenvalue weighted by Crippen LogP contribution is 2.17. The van der Waals surface area contributed by atoms with E-state index in [1.807, 2.05) is 12.1 Å². The third-order valence-electron chi connectivity index (χ3n) is 5.98. The zero-order valence-electron chi connectivity index (χ0n) is 17.9. The molecule has 4 rings (SSSR count). The van der Waals surface area contributed by atoms with Crippen molar-refractivity contribution in [1.82, 2.24) is 9.13 Å². The molecule has 0 spiro atoms. The van der Waals surface area contributed by atoms with Gasteiger partial charge in [0.15, 0.2) is 17.2 Å². The quantitative estimate of drug-likeness (QED) is 0.508. The summed E-state index contributed by atoms with van der Waals surface area (Å²) in [6.45, 7) is 10.8. The number of carbonyl (C=O) groups excluding carboxylic acids is 1. The number of benzene rings is 2. The number of aryl methyl sites for hydroxylation is 2. The minimum absolute atomic E-state index is 0.111. The van der Waals surface area contributed by atoms with Crippen molar-refractivity contribution in [3.63, 3.8) is 0 Å². The molecule has 1 aliphatic rings. The van der Waals surface area contributed by atoms with Crippen molar-refractivity contribution in [2.45, 2.75) is 27.4 Å². The summed E-state index contributed by atoms with van der Waals surface area (Å²) in [5.74, 6) is 0.111. The summed E-state index contributed by atoms with van der Waals surface area (Å²) in [4.78, 5) is 15.4. The second-order valence-electron chi connectivity index (χ2n) is 8.21. The van der Waals surface area contributed by atoms with E-state index < -0.39 is 0 Å². The van der Waals surface area contributed by atoms with Gasteiger partial charge in [-0.3, -0.25) is 13.9 Å². The molecule has 0 atom stereocenters. The van der Waals surface area contributed by atoms with Gasteiger partial charge in [0, 0.05) is 23.6 Å². The maximum absolute atomic E-state index is 11.5. The van der Waals surface area contributed by atoms with Crippen LogP contribution in [0.15, 0.2) is 54.9 Å². The fraction of sp³-hybridized carbons (Fsp3) is 0.333. The van der Waals surface area contributed by atoms with Crippen molar-refractivity contribution in [3.05, 3.63) is 76.3 Å². The van der Waals surface area contributed by atoms with Gasteiger partial charge in [0.2, 0.25) is 0 Å². The van der Waals surface area contributed by atoms with E-state index in [-0.39, 0.29) is 5.78 Å². The zero-order chi connectivity index (χ0) is 21.3. The first-order valence-electron chi connectivity index (χ1n) is 10.5. The lowest BCUT2D eigenvalue weighted by atomic mass is 10.1. The highest BCUT2D eigenvalue weighted by molar-refractivity contribution is 7.71. The first kappa shape index (κ1) is 20.6. The maximum Gasteiger partial charge on any atom is 0.188 e. The van der Waals surface area contributed by atoms with Crippen LogP contribution in [0.5, 0.6) is 0 Å². The largest absolute Gasteiger partial charge is 0.360 e. The van der Waals surface area contributed by atoms with Crippen LogP contribution in [0, 0.1) is 18.6 Å². The number of carbonyl (C=O) groups is 1. The molecule has 0 bridgehead atoms. The molecule has 0 aliphatic carbocycles. The summed E-state index contributed by atoms with van der Waals surface area (Å²) in [7, 11) is 0. The molecular weight excluding hydrogens is 392 g/mol. The van der Waals surface area contributed by atoms with E-state index in [0.29, 0.717) is 0 Å². The molecule has 0 saturated carbocycles. The lowest BCUT2D eigenvalue weighted by Crippen LogP contribution is -3.14. The molecule has 5 nitrogen and oxygen atoms in total. The van der Waals surface area contributed by atoms with Crippen molar-refractivity contribution in [3.8, 4) is 5.69 Å². The number of aromatic nitrogens is 2. The summed E-state index contributed by atoms with van der Waals surface area (Å²) in [6, 6.07) is 14.4. The van der Waals surface area contributed by atoms with Gasteiger partial charge in [-0.15, -0.1) is 0 Å². The Hall–Kier alpha value is -2.70. The molecule has 1 saturated heterocycles. The molecule has 156 valence electrons. The molecule has 2 heterocycles. The van der Waals surface area contributed by atoms with Crippen LogP contribution in [-0.2, 0) is 6.67 Å². The fourth-order valence-corrected chi connectivity index (χ4v) is 4.37. The Bertz CT molecular complexity index is 1100. The topological polar surface area (TPSA) is 34.6 Å². The molecule has 30 heavy (non-hydrogen) atoms. The van der Waals surface area contributed by atoms with Gasteiger partial charge >= 0.3 is 0 Å². The van der Waals surface area contributed by atoms with E-state index in [0.717, 1.165) is 48.9 Å². The summed E-state index contributed by atoms with van der Waals surface area (Å²) >= 11 is 5.79. The van der Waals surface area contributed by atoms with Gasteiger partial charge in [-0.2, -0.15) is 0 Å². The van der Waals surface area contributed by atoms with Gasteiger partial charge in [0.25, 0.3) is 0 Å². The number of nitrogens with one attached hydrogen (secondary N) is 1. The number of hydrogen-bond donors (Lipinski definition) is 1. The number of nitrogens with zero attached hydrogens (tertiary/aromatic N) is 3. The number of Topliss-reactive ketones (excluding diaryl/α,β-unsaturated/α-hetero) is 1. The van der Waals surface area contributed by atoms with Crippen molar-refractivity contribution in [2.24, 2.45) is 0 Å². The van der Waals surface area contributed by atoms with Gasteiger partial charge in [0.05, 0.1) is 31.9 Å². The number of piperazine rings is 1. The number of anilines is 1. The van der Waals surface area contributed by atoms with E-state index in [4.69, 9.17) is 12.2 Å². The molecule has 1 aromatic heterocycles. The number of quaternary nitrogens is 1. The Morgan fingerprint density at radius 3 is 2.40 bits per heavy atom. The third-order valence-corrected chi connectivity index (χ3v) is 6.41. The van der Waals surface area contributed by atoms with Crippen molar-refractivity contribution in [2.75, 3.05) is 31.1 Å². The lowest BCUT2D eigenvalue weighted by molar-refractivity contribution is -0.923. The van der Waals surface area contributed by atoms with Crippen LogP contribution < -0.4 is 9.80 Å². The van der Waals surface area contributed by atoms with Crippen LogP contribution in [0.1, 0.15) is 28.4 Å². The smallest absolute Gasteiger partial charge is 0.188 e. The normalized spacial score (nSPS) is 14.8. The minimum atomic E-state index is 0.111. The molecule has 0 unspecified atom stereocenters. The Balaban J connectivity index is 1.41. The van der Waals surface area contributed by atoms with E-state index in [9.17, 15) is 4.79 Å². The van der Waals surface area contributed by atoms with Gasteiger partial charge in [-0.25, -0.2) is 0 Å². The predicted octanol–water partition coefficient (Wildman–Crippen LogP) is 3.19.